The van der Waals surface area contributed by atoms with E-state index in [1.165, 1.54) is 0 Å². The molecule has 0 aliphatic carbocycles. The predicted octanol–water partition coefficient (Wildman–Crippen LogP) is 1.95. The summed E-state index contributed by atoms with van der Waals surface area (Å²) in [4.78, 5) is 13.1. The summed E-state index contributed by atoms with van der Waals surface area (Å²) in [6.45, 7) is 0.709. The number of carbonyl (C=O) groups excluding carboxylic acids is 1. The van der Waals surface area contributed by atoms with E-state index in [0.29, 0.717) is 23.7 Å². The first-order valence-electron chi connectivity index (χ1n) is 5.62. The van der Waals surface area contributed by atoms with Gasteiger partial charge in [0.2, 0.25) is 5.91 Å². The van der Waals surface area contributed by atoms with Crippen LogP contribution in [-0.2, 0) is 4.79 Å². The van der Waals surface area contributed by atoms with Crippen LogP contribution in [0.5, 0.6) is 0 Å². The largest absolute Gasteiger partial charge is 0.397 e. The van der Waals surface area contributed by atoms with Gasteiger partial charge in [0, 0.05) is 31.1 Å². The highest BCUT2D eigenvalue weighted by molar-refractivity contribution is 6.31. The van der Waals surface area contributed by atoms with Crippen molar-refractivity contribution < 1.29 is 4.79 Å². The lowest BCUT2D eigenvalue weighted by Gasteiger charge is -2.31. The lowest BCUT2D eigenvalue weighted by atomic mass is 10.1. The van der Waals surface area contributed by atoms with Gasteiger partial charge in [0.15, 0.2) is 0 Å². The van der Waals surface area contributed by atoms with Crippen molar-refractivity contribution in [1.29, 1.82) is 0 Å². The number of nitrogens with zero attached hydrogens (tertiary/aromatic N) is 1. The monoisotopic (exact) mass is 253 g/mol. The highest BCUT2D eigenvalue weighted by atomic mass is 35.5. The fraction of sp³-hybridized carbons (Fsp3) is 0.417. The number of likely N-dealkylation sites (N-methyl/N-ethyl adjacent to an activating group) is 1. The van der Waals surface area contributed by atoms with Crippen molar-refractivity contribution >= 4 is 28.9 Å². The number of hydrogen-bond donors (Lipinski definition) is 2. The van der Waals surface area contributed by atoms with E-state index in [0.717, 1.165) is 12.1 Å². The summed E-state index contributed by atoms with van der Waals surface area (Å²) in [5.41, 5.74) is 7.39. The van der Waals surface area contributed by atoms with Gasteiger partial charge in [-0.25, -0.2) is 0 Å². The van der Waals surface area contributed by atoms with E-state index in [1.54, 1.807) is 17.0 Å². The van der Waals surface area contributed by atoms with Gasteiger partial charge in [0.25, 0.3) is 0 Å². The number of benzene rings is 1. The summed E-state index contributed by atoms with van der Waals surface area (Å²) >= 11 is 5.84. The molecular formula is C12H16ClN3O. The Morgan fingerprint density at radius 1 is 1.53 bits per heavy atom. The smallest absolute Gasteiger partial charge is 0.222 e. The summed E-state index contributed by atoms with van der Waals surface area (Å²) < 4.78 is 0. The van der Waals surface area contributed by atoms with Crippen LogP contribution >= 0.6 is 11.6 Å². The third-order valence-electron chi connectivity index (χ3n) is 3.00. The predicted molar refractivity (Wildman–Crippen MR) is 70.1 cm³/mol. The maximum absolute atomic E-state index is 11.4. The minimum absolute atomic E-state index is 0.201. The third kappa shape index (κ3) is 2.82. The molecule has 1 aliphatic rings. The fourth-order valence-corrected chi connectivity index (χ4v) is 2.20. The molecule has 92 valence electrons. The quantitative estimate of drug-likeness (QED) is 0.792. The molecule has 1 heterocycles. The van der Waals surface area contributed by atoms with Crippen LogP contribution in [0.4, 0.5) is 11.4 Å². The van der Waals surface area contributed by atoms with Gasteiger partial charge in [-0.2, -0.15) is 0 Å². The molecule has 3 N–H and O–H groups in total. The Labute approximate surface area is 106 Å². The molecule has 0 saturated carbocycles. The average Bonchev–Trinajstić information content (AvgIpc) is 2.27. The van der Waals surface area contributed by atoms with Gasteiger partial charge in [-0.15, -0.1) is 0 Å². The number of rotatable bonds is 2. The Balaban J connectivity index is 2.03. The summed E-state index contributed by atoms with van der Waals surface area (Å²) in [5.74, 6) is 0.201. The lowest BCUT2D eigenvalue weighted by molar-refractivity contribution is -0.132. The van der Waals surface area contributed by atoms with Crippen LogP contribution in [0.3, 0.4) is 0 Å². The molecule has 4 nitrogen and oxygen atoms in total. The van der Waals surface area contributed by atoms with Crippen molar-refractivity contribution in [3.63, 3.8) is 0 Å². The highest BCUT2D eigenvalue weighted by Gasteiger charge is 2.22. The SMILES string of the molecule is CN1CC(Nc2ccc(Cl)cc2N)CCC1=O. The minimum Gasteiger partial charge on any atom is -0.397 e. The molecule has 0 bridgehead atoms. The fourth-order valence-electron chi connectivity index (χ4n) is 2.02. The number of anilines is 2. The number of amides is 1. The lowest BCUT2D eigenvalue weighted by Crippen LogP contribution is -2.43. The maximum atomic E-state index is 11.4. The van der Waals surface area contributed by atoms with E-state index >= 15 is 0 Å². The van der Waals surface area contributed by atoms with E-state index in [1.807, 2.05) is 13.1 Å². The van der Waals surface area contributed by atoms with Crippen LogP contribution in [0.1, 0.15) is 12.8 Å². The molecule has 1 aromatic carbocycles. The topological polar surface area (TPSA) is 58.4 Å². The number of nitrogens with two attached hydrogens (primary N) is 1. The van der Waals surface area contributed by atoms with Gasteiger partial charge in [-0.1, -0.05) is 11.6 Å². The number of piperidine rings is 1. The second-order valence-corrected chi connectivity index (χ2v) is 4.82. The molecule has 0 aromatic heterocycles. The van der Waals surface area contributed by atoms with Gasteiger partial charge >= 0.3 is 0 Å². The van der Waals surface area contributed by atoms with Gasteiger partial charge in [0.05, 0.1) is 11.4 Å². The molecule has 0 radical (unpaired) electrons. The van der Waals surface area contributed by atoms with Crippen molar-refractivity contribution in [3.8, 4) is 0 Å². The molecule has 5 heteroatoms. The molecule has 2 rings (SSSR count). The maximum Gasteiger partial charge on any atom is 0.222 e. The molecule has 0 spiro atoms. The van der Waals surface area contributed by atoms with Gasteiger partial charge in [-0.05, 0) is 24.6 Å². The number of likely N-dealkylation sites (tertiary alicyclic amines) is 1. The molecule has 1 unspecified atom stereocenters. The van der Waals surface area contributed by atoms with Crippen molar-refractivity contribution in [2.24, 2.45) is 0 Å². The Hall–Kier alpha value is -1.42. The average molecular weight is 254 g/mol. The zero-order chi connectivity index (χ0) is 12.4. The highest BCUT2D eigenvalue weighted by Crippen LogP contribution is 2.25. The van der Waals surface area contributed by atoms with Crippen LogP contribution < -0.4 is 11.1 Å². The molecule has 1 atom stereocenters. The summed E-state index contributed by atoms with van der Waals surface area (Å²) in [6, 6.07) is 5.65. The second-order valence-electron chi connectivity index (χ2n) is 4.39. The Bertz CT molecular complexity index is 436. The van der Waals surface area contributed by atoms with Crippen molar-refractivity contribution in [3.05, 3.63) is 23.2 Å². The van der Waals surface area contributed by atoms with Crippen molar-refractivity contribution in [2.75, 3.05) is 24.6 Å². The van der Waals surface area contributed by atoms with Crippen molar-refractivity contribution in [2.45, 2.75) is 18.9 Å². The molecule has 1 saturated heterocycles. The van der Waals surface area contributed by atoms with Gasteiger partial charge in [-0.3, -0.25) is 4.79 Å². The number of nitrogen functional groups attached to an aromatic ring is 1. The van der Waals surface area contributed by atoms with Crippen LogP contribution in [0.15, 0.2) is 18.2 Å². The molecular weight excluding hydrogens is 238 g/mol. The van der Waals surface area contributed by atoms with Crippen LogP contribution in [0.2, 0.25) is 5.02 Å². The van der Waals surface area contributed by atoms with E-state index < -0.39 is 0 Å². The number of halogens is 1. The number of carbonyl (C=O) groups is 1. The summed E-state index contributed by atoms with van der Waals surface area (Å²) in [6.07, 6.45) is 1.42. The minimum atomic E-state index is 0.201. The first-order valence-corrected chi connectivity index (χ1v) is 5.99. The Kier molecular flexibility index (Phi) is 3.43. The Morgan fingerprint density at radius 3 is 2.94 bits per heavy atom. The second kappa shape index (κ2) is 4.84. The van der Waals surface area contributed by atoms with Crippen molar-refractivity contribution in [1.82, 2.24) is 4.90 Å². The summed E-state index contributed by atoms with van der Waals surface area (Å²) in [7, 11) is 1.82. The molecule has 1 aromatic rings. The van der Waals surface area contributed by atoms with Gasteiger partial charge in [0.1, 0.15) is 0 Å². The number of nitrogens with one attached hydrogen (secondary N) is 1. The Morgan fingerprint density at radius 2 is 2.29 bits per heavy atom. The van der Waals surface area contributed by atoms with E-state index in [-0.39, 0.29) is 11.9 Å². The van der Waals surface area contributed by atoms with E-state index in [4.69, 9.17) is 17.3 Å². The first-order chi connectivity index (χ1) is 8.06. The zero-order valence-corrected chi connectivity index (χ0v) is 10.5. The molecule has 1 fully saturated rings. The number of hydrogen-bond acceptors (Lipinski definition) is 3. The zero-order valence-electron chi connectivity index (χ0n) is 9.74. The first kappa shape index (κ1) is 12.0. The van der Waals surface area contributed by atoms with Crippen LogP contribution in [0, 0.1) is 0 Å². The standard InChI is InChI=1S/C12H16ClN3O/c1-16-7-9(3-5-12(16)17)15-11-4-2-8(13)6-10(11)14/h2,4,6,9,15H,3,5,7,14H2,1H3. The van der Waals surface area contributed by atoms with Crippen LogP contribution in [-0.4, -0.2) is 30.4 Å². The normalized spacial score (nSPS) is 20.5. The molecule has 1 amide bonds. The van der Waals surface area contributed by atoms with Crippen LogP contribution in [0.25, 0.3) is 0 Å². The van der Waals surface area contributed by atoms with E-state index in [2.05, 4.69) is 5.32 Å². The van der Waals surface area contributed by atoms with E-state index in [9.17, 15) is 4.79 Å². The van der Waals surface area contributed by atoms with Gasteiger partial charge < -0.3 is 16.0 Å². The molecule has 17 heavy (non-hydrogen) atoms. The third-order valence-corrected chi connectivity index (χ3v) is 3.24. The molecule has 1 aliphatic heterocycles. The summed E-state index contributed by atoms with van der Waals surface area (Å²) in [5, 5.41) is 3.98.